The van der Waals surface area contributed by atoms with Crippen LogP contribution >= 0.6 is 0 Å². The molecule has 0 aromatic carbocycles. The van der Waals surface area contributed by atoms with Crippen molar-refractivity contribution in [1.29, 1.82) is 0 Å². The van der Waals surface area contributed by atoms with Crippen molar-refractivity contribution in [2.45, 2.75) is 0 Å². The van der Waals surface area contributed by atoms with E-state index in [1.807, 2.05) is 0 Å². The van der Waals surface area contributed by atoms with Crippen LogP contribution in [-0.2, 0) is 14.2 Å². The monoisotopic (exact) mass is 180 g/mol. The first kappa shape index (κ1) is 9.45. The normalized spacial score (nSPS) is 16.2. The van der Waals surface area contributed by atoms with Gasteiger partial charge in [0.2, 0.25) is 6.79 Å². The third kappa shape index (κ3) is 2.15. The van der Waals surface area contributed by atoms with E-state index in [9.17, 15) is 0 Å². The molecule has 1 heterocycles. The maximum atomic E-state index is 5.17. The zero-order valence-corrected chi connectivity index (χ0v) is 7.58. The Kier molecular flexibility index (Phi) is 3.20. The molecule has 0 spiro atoms. The lowest BCUT2D eigenvalue weighted by Gasteiger charge is -1.99. The summed E-state index contributed by atoms with van der Waals surface area (Å²) >= 11 is 0. The molecule has 0 bridgehead atoms. The first-order valence-corrected chi connectivity index (χ1v) is 3.82. The van der Waals surface area contributed by atoms with E-state index in [-0.39, 0.29) is 6.79 Å². The fourth-order valence-corrected chi connectivity index (χ4v) is 0.901. The van der Waals surface area contributed by atoms with Gasteiger partial charge in [0.15, 0.2) is 11.5 Å². The lowest BCUT2D eigenvalue weighted by molar-refractivity contribution is 0.0774. The number of hydrogen-bond donors (Lipinski definition) is 0. The minimum absolute atomic E-state index is 0.224. The van der Waals surface area contributed by atoms with Gasteiger partial charge >= 0.3 is 0 Å². The highest BCUT2D eigenvalue weighted by molar-refractivity contribution is 5.29. The van der Waals surface area contributed by atoms with Gasteiger partial charge < -0.3 is 14.2 Å². The van der Waals surface area contributed by atoms with Crippen molar-refractivity contribution in [1.82, 2.24) is 0 Å². The molecule has 1 aliphatic heterocycles. The van der Waals surface area contributed by atoms with E-state index in [0.717, 1.165) is 0 Å². The molecule has 0 aliphatic carbocycles. The largest absolute Gasteiger partial charge is 0.497 e. The molecular formula is C10H12O3. The topological polar surface area (TPSA) is 27.7 Å². The summed E-state index contributed by atoms with van der Waals surface area (Å²) < 4.78 is 15.3. The Morgan fingerprint density at radius 2 is 2.08 bits per heavy atom. The molecule has 0 saturated heterocycles. The molecule has 1 aliphatic rings. The zero-order chi connectivity index (χ0) is 9.68. The smallest absolute Gasteiger partial charge is 0.231 e. The van der Waals surface area contributed by atoms with Gasteiger partial charge in [-0.2, -0.15) is 0 Å². The predicted molar refractivity (Wildman–Crippen MR) is 49.5 cm³/mol. The fraction of sp³-hybridized carbons (Fsp3) is 0.200. The molecule has 1 rings (SSSR count). The third-order valence-electron chi connectivity index (χ3n) is 1.57. The van der Waals surface area contributed by atoms with Crippen LogP contribution in [0.25, 0.3) is 0 Å². The molecule has 13 heavy (non-hydrogen) atoms. The van der Waals surface area contributed by atoms with Crippen molar-refractivity contribution in [3.63, 3.8) is 0 Å². The van der Waals surface area contributed by atoms with Crippen LogP contribution in [0.15, 0.2) is 48.7 Å². The zero-order valence-electron chi connectivity index (χ0n) is 7.58. The van der Waals surface area contributed by atoms with Gasteiger partial charge in [-0.1, -0.05) is 13.2 Å². The number of methoxy groups -OCH3 is 1. The second-order valence-electron chi connectivity index (χ2n) is 2.29. The highest BCUT2D eigenvalue weighted by Crippen LogP contribution is 2.19. The first-order chi connectivity index (χ1) is 6.31. The molecule has 0 N–H and O–H groups in total. The molecule has 0 amide bonds. The Bertz CT molecular complexity index is 274. The third-order valence-corrected chi connectivity index (χ3v) is 1.57. The van der Waals surface area contributed by atoms with Gasteiger partial charge in [0.25, 0.3) is 0 Å². The summed E-state index contributed by atoms with van der Waals surface area (Å²) in [6.45, 7) is 7.40. The summed E-state index contributed by atoms with van der Waals surface area (Å²) in [5.41, 5.74) is 0. The summed E-state index contributed by atoms with van der Waals surface area (Å²) in [6.07, 6.45) is 4.89. The van der Waals surface area contributed by atoms with E-state index in [4.69, 9.17) is 14.2 Å². The van der Waals surface area contributed by atoms with Crippen LogP contribution in [0.2, 0.25) is 0 Å². The maximum Gasteiger partial charge on any atom is 0.231 e. The molecule has 0 fully saturated rings. The number of ether oxygens (including phenoxy) is 3. The fourth-order valence-electron chi connectivity index (χ4n) is 0.901. The van der Waals surface area contributed by atoms with Gasteiger partial charge in [0, 0.05) is 6.08 Å². The lowest BCUT2D eigenvalue weighted by atomic mass is 10.3. The second kappa shape index (κ2) is 4.40. The molecule has 0 atom stereocenters. The van der Waals surface area contributed by atoms with Crippen molar-refractivity contribution in [2.24, 2.45) is 0 Å². The van der Waals surface area contributed by atoms with Crippen molar-refractivity contribution in [3.8, 4) is 0 Å². The molecule has 0 radical (unpaired) electrons. The molecule has 3 nitrogen and oxygen atoms in total. The minimum atomic E-state index is 0.224. The van der Waals surface area contributed by atoms with E-state index in [1.54, 1.807) is 25.3 Å². The van der Waals surface area contributed by atoms with Crippen molar-refractivity contribution in [3.05, 3.63) is 48.7 Å². The van der Waals surface area contributed by atoms with Gasteiger partial charge in [0.1, 0.15) is 5.76 Å². The van der Waals surface area contributed by atoms with E-state index in [1.165, 1.54) is 0 Å². The van der Waals surface area contributed by atoms with Gasteiger partial charge in [-0.3, -0.25) is 0 Å². The maximum absolute atomic E-state index is 5.17. The quantitative estimate of drug-likeness (QED) is 0.490. The van der Waals surface area contributed by atoms with E-state index >= 15 is 0 Å². The average Bonchev–Trinajstić information content (AvgIpc) is 2.61. The van der Waals surface area contributed by atoms with Crippen LogP contribution in [-0.4, -0.2) is 13.9 Å². The molecule has 0 aromatic heterocycles. The van der Waals surface area contributed by atoms with Crippen molar-refractivity contribution in [2.75, 3.05) is 13.9 Å². The number of hydrogen-bond acceptors (Lipinski definition) is 3. The molecule has 70 valence electrons. The Morgan fingerprint density at radius 3 is 2.62 bits per heavy atom. The second-order valence-corrected chi connectivity index (χ2v) is 2.29. The van der Waals surface area contributed by atoms with Crippen LogP contribution in [0.1, 0.15) is 0 Å². The van der Waals surface area contributed by atoms with Crippen molar-refractivity contribution >= 4 is 0 Å². The summed E-state index contributed by atoms with van der Waals surface area (Å²) in [5.74, 6) is 1.86. The van der Waals surface area contributed by atoms with Crippen LogP contribution < -0.4 is 0 Å². The summed E-state index contributed by atoms with van der Waals surface area (Å²) in [6, 6.07) is 0. The van der Waals surface area contributed by atoms with Gasteiger partial charge in [-0.25, -0.2) is 0 Å². The minimum Gasteiger partial charge on any atom is -0.497 e. The van der Waals surface area contributed by atoms with Crippen LogP contribution in [0, 0.1) is 0 Å². The number of allylic oxidation sites excluding steroid dienone is 3. The lowest BCUT2D eigenvalue weighted by Crippen LogP contribution is -1.86. The molecule has 3 heteroatoms. The van der Waals surface area contributed by atoms with Crippen LogP contribution in [0.3, 0.4) is 0 Å². The summed E-state index contributed by atoms with van der Waals surface area (Å²) in [5, 5.41) is 0. The molecule has 0 saturated carbocycles. The summed E-state index contributed by atoms with van der Waals surface area (Å²) in [7, 11) is 1.57. The first-order valence-electron chi connectivity index (χ1n) is 3.82. The Morgan fingerprint density at radius 1 is 1.38 bits per heavy atom. The Hall–Kier alpha value is -1.64. The number of rotatable bonds is 4. The Labute approximate surface area is 77.6 Å². The standard InChI is InChI=1S/C10H12O3/c1-4-8(11-3)6-10-9(5-2)12-7-13-10/h4-6H,1-2,7H2,3H3/b8-6+. The predicted octanol–water partition coefficient (Wildman–Crippen LogP) is 2.10. The SMILES string of the molecule is C=CC1=C(/C=C(\C=C)OC)OCO1. The van der Waals surface area contributed by atoms with E-state index in [2.05, 4.69) is 13.2 Å². The van der Waals surface area contributed by atoms with Gasteiger partial charge in [-0.15, -0.1) is 0 Å². The average molecular weight is 180 g/mol. The van der Waals surface area contributed by atoms with Crippen LogP contribution in [0.5, 0.6) is 0 Å². The molecule has 0 unspecified atom stereocenters. The highest BCUT2D eigenvalue weighted by atomic mass is 16.7. The van der Waals surface area contributed by atoms with Gasteiger partial charge in [0.05, 0.1) is 7.11 Å². The van der Waals surface area contributed by atoms with Crippen LogP contribution in [0.4, 0.5) is 0 Å². The van der Waals surface area contributed by atoms with Crippen molar-refractivity contribution < 1.29 is 14.2 Å². The molecular weight excluding hydrogens is 168 g/mol. The van der Waals surface area contributed by atoms with E-state index in [0.29, 0.717) is 17.3 Å². The Balaban J connectivity index is 2.87. The van der Waals surface area contributed by atoms with E-state index < -0.39 is 0 Å². The summed E-state index contributed by atoms with van der Waals surface area (Å²) in [4.78, 5) is 0. The van der Waals surface area contributed by atoms with Gasteiger partial charge in [-0.05, 0) is 12.2 Å². The molecule has 0 aromatic rings. The highest BCUT2D eigenvalue weighted by Gasteiger charge is 2.12.